The van der Waals surface area contributed by atoms with Crippen LogP contribution in [0, 0.1) is 0 Å². The summed E-state index contributed by atoms with van der Waals surface area (Å²) < 4.78 is 119. The molecule has 0 atom stereocenters. The van der Waals surface area contributed by atoms with Crippen LogP contribution in [-0.2, 0) is 28.6 Å². The highest BCUT2D eigenvalue weighted by Crippen LogP contribution is 2.30. The Bertz CT molecular complexity index is 455. The summed E-state index contributed by atoms with van der Waals surface area (Å²) in [5.41, 5.74) is -11.8. The molecule has 0 amide bonds. The fourth-order valence-corrected chi connectivity index (χ4v) is 1.73. The Kier molecular flexibility index (Phi) is 5.24. The van der Waals surface area contributed by atoms with Gasteiger partial charge in [0.05, 0.1) is 0 Å². The van der Waals surface area contributed by atoms with Crippen LogP contribution in [0.5, 0.6) is 0 Å². The summed E-state index contributed by atoms with van der Waals surface area (Å²) in [5, 5.41) is 0. The molecule has 0 rings (SSSR count). The second-order valence-electron chi connectivity index (χ2n) is 2.83. The monoisotopic (exact) mass is 340 g/mol. The minimum absolute atomic E-state index is 0.850. The van der Waals surface area contributed by atoms with Gasteiger partial charge < -0.3 is 0 Å². The Labute approximate surface area is 103 Å². The molecule has 0 unspecified atom stereocenters. The molecule has 0 saturated carbocycles. The summed E-state index contributed by atoms with van der Waals surface area (Å²) in [6, 6.07) is 0. The van der Waals surface area contributed by atoms with E-state index in [1.165, 1.54) is 0 Å². The summed E-state index contributed by atoms with van der Waals surface area (Å²) in [6.07, 6.45) is -3.68. The van der Waals surface area contributed by atoms with Crippen LogP contribution in [0.1, 0.15) is 13.3 Å². The molecule has 0 aliphatic heterocycles. The van der Waals surface area contributed by atoms with E-state index in [2.05, 4.69) is 8.37 Å². The Morgan fingerprint density at radius 2 is 1.11 bits per heavy atom. The van der Waals surface area contributed by atoms with Crippen molar-refractivity contribution in [3.05, 3.63) is 0 Å². The van der Waals surface area contributed by atoms with Crippen LogP contribution < -0.4 is 0 Å². The first-order valence-corrected chi connectivity index (χ1v) is 6.95. The lowest BCUT2D eigenvalue weighted by Crippen LogP contribution is -2.35. The molecule has 0 aliphatic rings. The summed E-state index contributed by atoms with van der Waals surface area (Å²) in [5.74, 6) is 0. The largest absolute Gasteiger partial charge is 0.523 e. The lowest BCUT2D eigenvalue weighted by Gasteiger charge is -2.17. The van der Waals surface area contributed by atoms with Crippen molar-refractivity contribution < 1.29 is 51.5 Å². The first kappa shape index (κ1) is 18.4. The molecule has 0 aromatic heterocycles. The van der Waals surface area contributed by atoms with E-state index in [0.29, 0.717) is 0 Å². The summed E-state index contributed by atoms with van der Waals surface area (Å²) in [4.78, 5) is 0. The molecule has 0 fully saturated rings. The Balaban J connectivity index is 5.12. The Hall–Kier alpha value is -0.600. The molecule has 116 valence electrons. The van der Waals surface area contributed by atoms with Crippen LogP contribution >= 0.6 is 0 Å². The zero-order valence-corrected chi connectivity index (χ0v) is 10.5. The fraction of sp³-hybridized carbons (Fsp3) is 1.00. The lowest BCUT2D eigenvalue weighted by atomic mass is 10.5. The zero-order chi connectivity index (χ0) is 15.7. The van der Waals surface area contributed by atoms with Gasteiger partial charge in [0.15, 0.2) is 6.29 Å². The van der Waals surface area contributed by atoms with E-state index in [4.69, 9.17) is 0 Å². The highest BCUT2D eigenvalue weighted by atomic mass is 32.2. The maximum Gasteiger partial charge on any atom is 0.523 e. The Morgan fingerprint density at radius 3 is 1.26 bits per heavy atom. The molecule has 0 saturated heterocycles. The molecule has 0 N–H and O–H groups in total. The second-order valence-corrected chi connectivity index (χ2v) is 5.96. The third-order valence-corrected chi connectivity index (χ3v) is 3.44. The van der Waals surface area contributed by atoms with Crippen molar-refractivity contribution in [1.29, 1.82) is 0 Å². The predicted octanol–water partition coefficient (Wildman–Crippen LogP) is 1.45. The van der Waals surface area contributed by atoms with Gasteiger partial charge >= 0.3 is 31.3 Å². The minimum Gasteiger partial charge on any atom is -0.230 e. The third-order valence-electron chi connectivity index (χ3n) is 1.37. The van der Waals surface area contributed by atoms with E-state index in [-0.39, 0.29) is 0 Å². The average Bonchev–Trinajstić information content (AvgIpc) is 2.12. The van der Waals surface area contributed by atoms with E-state index < -0.39 is 44.0 Å². The van der Waals surface area contributed by atoms with Crippen molar-refractivity contribution in [2.45, 2.75) is 30.7 Å². The quantitative estimate of drug-likeness (QED) is 0.326. The summed E-state index contributed by atoms with van der Waals surface area (Å²) in [6.45, 7) is 0.850. The van der Waals surface area contributed by atoms with Crippen molar-refractivity contribution in [1.82, 2.24) is 0 Å². The molecule has 0 spiro atoms. The van der Waals surface area contributed by atoms with E-state index >= 15 is 0 Å². The number of hydrogen-bond donors (Lipinski definition) is 0. The summed E-state index contributed by atoms with van der Waals surface area (Å²) >= 11 is 0. The molecule has 0 bridgehead atoms. The highest BCUT2D eigenvalue weighted by molar-refractivity contribution is 7.88. The van der Waals surface area contributed by atoms with Gasteiger partial charge in [0.2, 0.25) is 0 Å². The van der Waals surface area contributed by atoms with Gasteiger partial charge in [-0.1, -0.05) is 6.92 Å². The molecule has 6 nitrogen and oxygen atoms in total. The first-order chi connectivity index (χ1) is 8.14. The molecular formula is C5H6F6O6S2. The van der Waals surface area contributed by atoms with Crippen molar-refractivity contribution in [3.8, 4) is 0 Å². The smallest absolute Gasteiger partial charge is 0.230 e. The van der Waals surface area contributed by atoms with Gasteiger partial charge in [-0.2, -0.15) is 43.2 Å². The van der Waals surface area contributed by atoms with Crippen LogP contribution in [0.4, 0.5) is 26.3 Å². The number of halogens is 6. The van der Waals surface area contributed by atoms with Gasteiger partial charge in [-0.25, -0.2) is 8.37 Å². The maximum atomic E-state index is 11.9. The predicted molar refractivity (Wildman–Crippen MR) is 46.2 cm³/mol. The zero-order valence-electron chi connectivity index (χ0n) is 8.82. The van der Waals surface area contributed by atoms with Gasteiger partial charge in [-0.3, -0.25) is 0 Å². The fourth-order valence-electron chi connectivity index (χ4n) is 0.544. The molecule has 0 aliphatic carbocycles. The molecule has 0 aromatic rings. The molecule has 0 radical (unpaired) electrons. The molecule has 0 aromatic carbocycles. The highest BCUT2D eigenvalue weighted by Gasteiger charge is 2.52. The first-order valence-electron chi connectivity index (χ1n) is 4.13. The summed E-state index contributed by atoms with van der Waals surface area (Å²) in [7, 11) is -12.6. The number of rotatable bonds is 5. The average molecular weight is 340 g/mol. The SMILES string of the molecule is CCC(OS(=O)(=O)C(F)(F)F)OS(=O)(=O)C(F)(F)F. The molecular weight excluding hydrogens is 334 g/mol. The van der Waals surface area contributed by atoms with Gasteiger partial charge in [0, 0.05) is 0 Å². The second kappa shape index (κ2) is 5.41. The standard InChI is InChI=1S/C5H6F6O6S2/c1-2-3(16-18(12,13)4(6,7)8)17-19(14,15)5(9,10)11/h3H,2H2,1H3. The van der Waals surface area contributed by atoms with Crippen LogP contribution in [0.3, 0.4) is 0 Å². The molecule has 0 heterocycles. The lowest BCUT2D eigenvalue weighted by molar-refractivity contribution is -0.0865. The normalized spacial score (nSPS) is 14.9. The molecule has 14 heteroatoms. The topological polar surface area (TPSA) is 86.7 Å². The van der Waals surface area contributed by atoms with Gasteiger partial charge in [-0.05, 0) is 6.42 Å². The van der Waals surface area contributed by atoms with E-state index in [1.54, 1.807) is 0 Å². The van der Waals surface area contributed by atoms with E-state index in [9.17, 15) is 43.2 Å². The van der Waals surface area contributed by atoms with Gasteiger partial charge in [0.25, 0.3) is 0 Å². The van der Waals surface area contributed by atoms with Crippen LogP contribution in [0.25, 0.3) is 0 Å². The maximum absolute atomic E-state index is 11.9. The van der Waals surface area contributed by atoms with Crippen LogP contribution in [0.15, 0.2) is 0 Å². The van der Waals surface area contributed by atoms with Crippen LogP contribution in [-0.4, -0.2) is 34.1 Å². The molecule has 19 heavy (non-hydrogen) atoms. The van der Waals surface area contributed by atoms with E-state index in [0.717, 1.165) is 6.92 Å². The van der Waals surface area contributed by atoms with Gasteiger partial charge in [0.1, 0.15) is 0 Å². The Morgan fingerprint density at radius 1 is 0.842 bits per heavy atom. The van der Waals surface area contributed by atoms with Gasteiger partial charge in [-0.15, -0.1) is 0 Å². The van der Waals surface area contributed by atoms with Crippen molar-refractivity contribution >= 4 is 20.2 Å². The van der Waals surface area contributed by atoms with E-state index in [1.807, 2.05) is 0 Å². The number of hydrogen-bond acceptors (Lipinski definition) is 6. The van der Waals surface area contributed by atoms with Crippen molar-refractivity contribution in [3.63, 3.8) is 0 Å². The van der Waals surface area contributed by atoms with Crippen molar-refractivity contribution in [2.75, 3.05) is 0 Å². The van der Waals surface area contributed by atoms with Crippen LogP contribution in [0.2, 0.25) is 0 Å². The third kappa shape index (κ3) is 4.77. The van der Waals surface area contributed by atoms with Crippen molar-refractivity contribution in [2.24, 2.45) is 0 Å². The number of alkyl halides is 6. The minimum atomic E-state index is -6.28.